The molecule has 0 spiro atoms. The van der Waals surface area contributed by atoms with Gasteiger partial charge in [0, 0.05) is 6.07 Å². The van der Waals surface area contributed by atoms with Crippen molar-refractivity contribution in [1.82, 2.24) is 9.55 Å². The standard InChI is InChI=1S/C18H17F2N3O4/c1-9-22-11(16(21)25)8-14(24)23(9)15(17(2)5-6-17)10-3-4-12-13(7-10)27-18(19,20)26-12/h3-4,7-8,15H,5-6H2,1-2H3,(H2,21,25)/t15-/m0/s1. The van der Waals surface area contributed by atoms with Crippen molar-refractivity contribution in [2.75, 3.05) is 0 Å². The molecule has 1 aliphatic carbocycles. The van der Waals surface area contributed by atoms with E-state index in [1.165, 1.54) is 16.7 Å². The number of alkyl halides is 2. The van der Waals surface area contributed by atoms with Gasteiger partial charge in [-0.2, -0.15) is 0 Å². The van der Waals surface area contributed by atoms with Gasteiger partial charge >= 0.3 is 6.29 Å². The monoisotopic (exact) mass is 377 g/mol. The lowest BCUT2D eigenvalue weighted by Gasteiger charge is -2.28. The van der Waals surface area contributed by atoms with Crippen LogP contribution in [0.25, 0.3) is 0 Å². The molecule has 27 heavy (non-hydrogen) atoms. The predicted molar refractivity (Wildman–Crippen MR) is 89.9 cm³/mol. The second kappa shape index (κ2) is 5.51. The molecule has 1 fully saturated rings. The molecule has 2 N–H and O–H groups in total. The third-order valence-electron chi connectivity index (χ3n) is 5.08. The molecule has 7 nitrogen and oxygen atoms in total. The number of nitrogens with two attached hydrogens (primary N) is 1. The normalized spacial score (nSPS) is 19.6. The van der Waals surface area contributed by atoms with Gasteiger partial charge in [0.05, 0.1) is 6.04 Å². The van der Waals surface area contributed by atoms with Gasteiger partial charge in [0.2, 0.25) is 0 Å². The quantitative estimate of drug-likeness (QED) is 0.882. The molecule has 1 atom stereocenters. The lowest BCUT2D eigenvalue weighted by Crippen LogP contribution is -2.34. The summed E-state index contributed by atoms with van der Waals surface area (Å²) >= 11 is 0. The Morgan fingerprint density at radius 3 is 2.52 bits per heavy atom. The molecular weight excluding hydrogens is 360 g/mol. The van der Waals surface area contributed by atoms with Crippen LogP contribution in [0.4, 0.5) is 8.78 Å². The van der Waals surface area contributed by atoms with Crippen LogP contribution in [0.2, 0.25) is 0 Å². The van der Waals surface area contributed by atoms with Gasteiger partial charge in [0.15, 0.2) is 11.5 Å². The molecule has 0 unspecified atom stereocenters. The number of hydrogen-bond acceptors (Lipinski definition) is 5. The first-order valence-electron chi connectivity index (χ1n) is 8.39. The number of aromatic nitrogens is 2. The molecular formula is C18H17F2N3O4. The van der Waals surface area contributed by atoms with Crippen LogP contribution < -0.4 is 20.8 Å². The minimum Gasteiger partial charge on any atom is -0.395 e. The molecule has 2 aliphatic rings. The summed E-state index contributed by atoms with van der Waals surface area (Å²) in [6, 6.07) is 5.12. The summed E-state index contributed by atoms with van der Waals surface area (Å²) in [4.78, 5) is 28.2. The molecule has 1 amide bonds. The average Bonchev–Trinajstić information content (AvgIpc) is 3.21. The number of aryl methyl sites for hydroxylation is 1. The van der Waals surface area contributed by atoms with E-state index < -0.39 is 23.8 Å². The van der Waals surface area contributed by atoms with Crippen molar-refractivity contribution in [3.8, 4) is 11.5 Å². The number of rotatable bonds is 4. The third kappa shape index (κ3) is 2.92. The molecule has 142 valence electrons. The van der Waals surface area contributed by atoms with Crippen molar-refractivity contribution in [3.63, 3.8) is 0 Å². The number of halogens is 2. The molecule has 2 aromatic rings. The molecule has 0 radical (unpaired) electrons. The number of nitrogens with zero attached hydrogens (tertiary/aromatic N) is 2. The third-order valence-corrected chi connectivity index (χ3v) is 5.08. The van der Waals surface area contributed by atoms with Gasteiger partial charge in [-0.05, 0) is 42.9 Å². The zero-order chi connectivity index (χ0) is 19.6. The maximum Gasteiger partial charge on any atom is 0.586 e. The lowest BCUT2D eigenvalue weighted by atomic mass is 9.91. The molecule has 1 aromatic heterocycles. The van der Waals surface area contributed by atoms with E-state index in [2.05, 4.69) is 14.5 Å². The maximum atomic E-state index is 13.3. The minimum absolute atomic E-state index is 0.0604. The van der Waals surface area contributed by atoms with Crippen LogP contribution in [0.5, 0.6) is 11.5 Å². The number of ether oxygens (including phenoxy) is 2. The van der Waals surface area contributed by atoms with Crippen molar-refractivity contribution in [2.45, 2.75) is 39.0 Å². The van der Waals surface area contributed by atoms with Gasteiger partial charge in [-0.25, -0.2) is 4.98 Å². The highest BCUT2D eigenvalue weighted by Crippen LogP contribution is 2.57. The fourth-order valence-electron chi connectivity index (χ4n) is 3.52. The molecule has 1 saturated carbocycles. The van der Waals surface area contributed by atoms with Crippen LogP contribution in [-0.2, 0) is 0 Å². The Balaban J connectivity index is 1.84. The van der Waals surface area contributed by atoms with E-state index >= 15 is 0 Å². The molecule has 1 aliphatic heterocycles. The summed E-state index contributed by atoms with van der Waals surface area (Å²) in [6.07, 6.45) is -2.01. The van der Waals surface area contributed by atoms with Gasteiger partial charge < -0.3 is 15.2 Å². The largest absolute Gasteiger partial charge is 0.586 e. The minimum atomic E-state index is -3.71. The van der Waals surface area contributed by atoms with Gasteiger partial charge in [0.25, 0.3) is 11.5 Å². The molecule has 2 heterocycles. The first kappa shape index (κ1) is 17.4. The van der Waals surface area contributed by atoms with Crippen molar-refractivity contribution >= 4 is 5.91 Å². The van der Waals surface area contributed by atoms with Gasteiger partial charge in [0.1, 0.15) is 11.5 Å². The first-order valence-corrected chi connectivity index (χ1v) is 8.39. The summed E-state index contributed by atoms with van der Waals surface area (Å²) in [6.45, 7) is 3.61. The second-order valence-electron chi connectivity index (χ2n) is 7.19. The number of amides is 1. The van der Waals surface area contributed by atoms with Gasteiger partial charge in [-0.15, -0.1) is 8.78 Å². The molecule has 9 heteroatoms. The highest BCUT2D eigenvalue weighted by Gasteiger charge is 2.49. The number of benzene rings is 1. The summed E-state index contributed by atoms with van der Waals surface area (Å²) < 4.78 is 37.1. The number of carbonyl (C=O) groups is 1. The fraction of sp³-hybridized carbons (Fsp3) is 0.389. The Labute approximate surface area is 152 Å². The van der Waals surface area contributed by atoms with E-state index in [1.807, 2.05) is 6.92 Å². The van der Waals surface area contributed by atoms with E-state index in [9.17, 15) is 18.4 Å². The van der Waals surface area contributed by atoms with E-state index in [0.29, 0.717) is 11.4 Å². The van der Waals surface area contributed by atoms with E-state index in [1.54, 1.807) is 13.0 Å². The highest BCUT2D eigenvalue weighted by molar-refractivity contribution is 5.90. The zero-order valence-electron chi connectivity index (χ0n) is 14.7. The number of primary amides is 1. The van der Waals surface area contributed by atoms with Crippen LogP contribution in [0, 0.1) is 12.3 Å². The predicted octanol–water partition coefficient (Wildman–Crippen LogP) is 2.36. The molecule has 1 aromatic carbocycles. The Bertz CT molecular complexity index is 1010. The fourth-order valence-corrected chi connectivity index (χ4v) is 3.52. The SMILES string of the molecule is Cc1nc(C(N)=O)cc(=O)n1[C@@H](c1ccc2c(c1)OC(F)(F)O2)C1(C)CC1. The lowest BCUT2D eigenvalue weighted by molar-refractivity contribution is -0.286. The second-order valence-corrected chi connectivity index (χ2v) is 7.19. The van der Waals surface area contributed by atoms with E-state index in [4.69, 9.17) is 5.73 Å². The first-order chi connectivity index (χ1) is 12.6. The summed E-state index contributed by atoms with van der Waals surface area (Å²) in [5.74, 6) is -0.617. The Morgan fingerprint density at radius 2 is 1.93 bits per heavy atom. The number of carbonyl (C=O) groups excluding carboxylic acids is 1. The van der Waals surface area contributed by atoms with E-state index in [0.717, 1.165) is 18.9 Å². The van der Waals surface area contributed by atoms with Crippen molar-refractivity contribution in [3.05, 3.63) is 51.7 Å². The number of fused-ring (bicyclic) bond motifs is 1. The number of hydrogen-bond donors (Lipinski definition) is 1. The van der Waals surface area contributed by atoms with Crippen LogP contribution in [0.1, 0.15) is 47.7 Å². The zero-order valence-corrected chi connectivity index (χ0v) is 14.7. The molecule has 4 rings (SSSR count). The van der Waals surface area contributed by atoms with Crippen LogP contribution in [0.15, 0.2) is 29.1 Å². The average molecular weight is 377 g/mol. The van der Waals surface area contributed by atoms with Crippen molar-refractivity contribution < 1.29 is 23.0 Å². The Morgan fingerprint density at radius 1 is 1.26 bits per heavy atom. The van der Waals surface area contributed by atoms with Crippen molar-refractivity contribution in [2.24, 2.45) is 11.1 Å². The van der Waals surface area contributed by atoms with Crippen molar-refractivity contribution in [1.29, 1.82) is 0 Å². The Kier molecular flexibility index (Phi) is 3.56. The summed E-state index contributed by atoms with van der Waals surface area (Å²) in [5.41, 5.74) is 5.05. The van der Waals surface area contributed by atoms with Gasteiger partial charge in [-0.1, -0.05) is 13.0 Å². The van der Waals surface area contributed by atoms with Crippen LogP contribution in [0.3, 0.4) is 0 Å². The van der Waals surface area contributed by atoms with E-state index in [-0.39, 0.29) is 22.6 Å². The maximum absolute atomic E-state index is 13.3. The summed E-state index contributed by atoms with van der Waals surface area (Å²) in [7, 11) is 0. The Hall–Kier alpha value is -2.97. The topological polar surface area (TPSA) is 96.4 Å². The van der Waals surface area contributed by atoms with Crippen LogP contribution in [-0.4, -0.2) is 21.8 Å². The summed E-state index contributed by atoms with van der Waals surface area (Å²) in [5, 5.41) is 0. The highest BCUT2D eigenvalue weighted by atomic mass is 19.3. The molecule has 0 saturated heterocycles. The smallest absolute Gasteiger partial charge is 0.395 e. The van der Waals surface area contributed by atoms with Gasteiger partial charge in [-0.3, -0.25) is 14.2 Å². The molecule has 0 bridgehead atoms. The van der Waals surface area contributed by atoms with Crippen LogP contribution >= 0.6 is 0 Å².